The third kappa shape index (κ3) is 1.96. The topological polar surface area (TPSA) is 49.3 Å². The van der Waals surface area contributed by atoms with Crippen LogP contribution in [0, 0.1) is 5.92 Å². The molecule has 0 aromatic heterocycles. The standard InChI is InChI=1S/C12H15NO2/c1-2-8-5-10-6-9(12(14)15)3-4-11(10)13-7-8/h3-4,6,8,13H,2,5,7H2,1H3,(H,14,15). The molecule has 1 aliphatic rings. The second-order valence-electron chi connectivity index (χ2n) is 4.04. The molecular weight excluding hydrogens is 190 g/mol. The lowest BCUT2D eigenvalue weighted by atomic mass is 9.91. The Morgan fingerprint density at radius 2 is 2.40 bits per heavy atom. The molecule has 3 nitrogen and oxygen atoms in total. The molecule has 1 atom stereocenters. The predicted octanol–water partition coefficient (Wildman–Crippen LogP) is 2.38. The number of carboxylic acids is 1. The Labute approximate surface area is 89.1 Å². The minimum absolute atomic E-state index is 0.382. The SMILES string of the molecule is CCC1CNc2ccc(C(=O)O)cc2C1. The van der Waals surface area contributed by atoms with Crippen molar-refractivity contribution in [1.29, 1.82) is 0 Å². The van der Waals surface area contributed by atoms with Gasteiger partial charge < -0.3 is 10.4 Å². The molecule has 0 bridgehead atoms. The second kappa shape index (κ2) is 3.93. The number of carboxylic acid groups (broad SMARTS) is 1. The molecule has 1 aromatic rings. The third-order valence-corrected chi connectivity index (χ3v) is 3.02. The van der Waals surface area contributed by atoms with Crippen LogP contribution in [-0.2, 0) is 6.42 Å². The average Bonchev–Trinajstić information content (AvgIpc) is 2.27. The number of hydrogen-bond donors (Lipinski definition) is 2. The fourth-order valence-corrected chi connectivity index (χ4v) is 1.99. The maximum absolute atomic E-state index is 10.8. The molecule has 2 rings (SSSR count). The first-order valence-electron chi connectivity index (χ1n) is 5.30. The first-order chi connectivity index (χ1) is 7.20. The Hall–Kier alpha value is -1.51. The van der Waals surface area contributed by atoms with Gasteiger partial charge in [0.2, 0.25) is 0 Å². The summed E-state index contributed by atoms with van der Waals surface area (Å²) in [6, 6.07) is 5.30. The van der Waals surface area contributed by atoms with Gasteiger partial charge in [-0.15, -0.1) is 0 Å². The summed E-state index contributed by atoms with van der Waals surface area (Å²) in [5.74, 6) is -0.224. The molecular formula is C12H15NO2. The van der Waals surface area contributed by atoms with E-state index in [0.29, 0.717) is 11.5 Å². The largest absolute Gasteiger partial charge is 0.478 e. The van der Waals surface area contributed by atoms with Crippen molar-refractivity contribution in [2.24, 2.45) is 5.92 Å². The Morgan fingerprint density at radius 3 is 3.07 bits per heavy atom. The van der Waals surface area contributed by atoms with E-state index >= 15 is 0 Å². The van der Waals surface area contributed by atoms with Crippen LogP contribution in [0.4, 0.5) is 5.69 Å². The van der Waals surface area contributed by atoms with Crippen molar-refractivity contribution in [2.75, 3.05) is 11.9 Å². The average molecular weight is 205 g/mol. The zero-order valence-corrected chi connectivity index (χ0v) is 8.79. The molecule has 15 heavy (non-hydrogen) atoms. The van der Waals surface area contributed by atoms with Gasteiger partial charge in [-0.25, -0.2) is 4.79 Å². The minimum atomic E-state index is -0.851. The van der Waals surface area contributed by atoms with Gasteiger partial charge in [-0.2, -0.15) is 0 Å². The van der Waals surface area contributed by atoms with Crippen LogP contribution in [0.2, 0.25) is 0 Å². The van der Waals surface area contributed by atoms with E-state index in [2.05, 4.69) is 12.2 Å². The molecule has 1 aliphatic heterocycles. The Bertz CT molecular complexity index is 387. The Morgan fingerprint density at radius 1 is 1.60 bits per heavy atom. The summed E-state index contributed by atoms with van der Waals surface area (Å²) in [5.41, 5.74) is 2.60. The van der Waals surface area contributed by atoms with E-state index < -0.39 is 5.97 Å². The Balaban J connectivity index is 2.30. The molecule has 1 aromatic carbocycles. The minimum Gasteiger partial charge on any atom is -0.478 e. The number of fused-ring (bicyclic) bond motifs is 1. The molecule has 1 heterocycles. The van der Waals surface area contributed by atoms with Gasteiger partial charge in [-0.05, 0) is 36.1 Å². The smallest absolute Gasteiger partial charge is 0.335 e. The van der Waals surface area contributed by atoms with Crippen molar-refractivity contribution >= 4 is 11.7 Å². The van der Waals surface area contributed by atoms with E-state index in [-0.39, 0.29) is 0 Å². The fraction of sp³-hybridized carbons (Fsp3) is 0.417. The van der Waals surface area contributed by atoms with Crippen LogP contribution in [0.25, 0.3) is 0 Å². The zero-order chi connectivity index (χ0) is 10.8. The van der Waals surface area contributed by atoms with Gasteiger partial charge >= 0.3 is 5.97 Å². The highest BCUT2D eigenvalue weighted by atomic mass is 16.4. The van der Waals surface area contributed by atoms with Crippen LogP contribution >= 0.6 is 0 Å². The maximum Gasteiger partial charge on any atom is 0.335 e. The highest BCUT2D eigenvalue weighted by Crippen LogP contribution is 2.27. The number of nitrogens with one attached hydrogen (secondary N) is 1. The summed E-state index contributed by atoms with van der Waals surface area (Å²) >= 11 is 0. The summed E-state index contributed by atoms with van der Waals surface area (Å²) < 4.78 is 0. The molecule has 0 radical (unpaired) electrons. The van der Waals surface area contributed by atoms with Crippen LogP contribution < -0.4 is 5.32 Å². The van der Waals surface area contributed by atoms with Gasteiger partial charge in [0.05, 0.1) is 5.56 Å². The molecule has 0 aliphatic carbocycles. The molecule has 0 fully saturated rings. The number of carbonyl (C=O) groups is 1. The third-order valence-electron chi connectivity index (χ3n) is 3.02. The van der Waals surface area contributed by atoms with Crippen molar-refractivity contribution in [1.82, 2.24) is 0 Å². The highest BCUT2D eigenvalue weighted by Gasteiger charge is 2.17. The lowest BCUT2D eigenvalue weighted by Crippen LogP contribution is -2.22. The number of aromatic carboxylic acids is 1. The maximum atomic E-state index is 10.8. The van der Waals surface area contributed by atoms with E-state index in [1.807, 2.05) is 6.07 Å². The van der Waals surface area contributed by atoms with Crippen molar-refractivity contribution < 1.29 is 9.90 Å². The summed E-state index contributed by atoms with van der Waals surface area (Å²) in [4.78, 5) is 10.8. The second-order valence-corrected chi connectivity index (χ2v) is 4.04. The first kappa shape index (κ1) is 10.0. The lowest BCUT2D eigenvalue weighted by Gasteiger charge is -2.25. The van der Waals surface area contributed by atoms with Gasteiger partial charge in [0.25, 0.3) is 0 Å². The quantitative estimate of drug-likeness (QED) is 0.779. The lowest BCUT2D eigenvalue weighted by molar-refractivity contribution is 0.0697. The van der Waals surface area contributed by atoms with Crippen molar-refractivity contribution in [3.63, 3.8) is 0 Å². The van der Waals surface area contributed by atoms with E-state index in [1.54, 1.807) is 12.1 Å². The van der Waals surface area contributed by atoms with Gasteiger partial charge in [0.15, 0.2) is 0 Å². The zero-order valence-electron chi connectivity index (χ0n) is 8.79. The summed E-state index contributed by atoms with van der Waals surface area (Å²) in [6.45, 7) is 3.16. The van der Waals surface area contributed by atoms with Crippen LogP contribution in [0.5, 0.6) is 0 Å². The monoisotopic (exact) mass is 205 g/mol. The van der Waals surface area contributed by atoms with Crippen molar-refractivity contribution in [3.05, 3.63) is 29.3 Å². The van der Waals surface area contributed by atoms with Gasteiger partial charge in [-0.1, -0.05) is 13.3 Å². The molecule has 80 valence electrons. The van der Waals surface area contributed by atoms with Gasteiger partial charge in [-0.3, -0.25) is 0 Å². The van der Waals surface area contributed by atoms with Crippen LogP contribution in [-0.4, -0.2) is 17.6 Å². The van der Waals surface area contributed by atoms with Crippen molar-refractivity contribution in [2.45, 2.75) is 19.8 Å². The number of benzene rings is 1. The van der Waals surface area contributed by atoms with Crippen LogP contribution in [0.3, 0.4) is 0 Å². The molecule has 3 heteroatoms. The van der Waals surface area contributed by atoms with Crippen molar-refractivity contribution in [3.8, 4) is 0 Å². The van der Waals surface area contributed by atoms with Gasteiger partial charge in [0, 0.05) is 12.2 Å². The van der Waals surface area contributed by atoms with Crippen LogP contribution in [0.15, 0.2) is 18.2 Å². The predicted molar refractivity (Wildman–Crippen MR) is 59.4 cm³/mol. The summed E-state index contributed by atoms with van der Waals surface area (Å²) in [7, 11) is 0. The van der Waals surface area contributed by atoms with E-state index in [0.717, 1.165) is 30.6 Å². The highest BCUT2D eigenvalue weighted by molar-refractivity contribution is 5.88. The number of anilines is 1. The molecule has 0 saturated carbocycles. The van der Waals surface area contributed by atoms with E-state index in [9.17, 15) is 4.79 Å². The first-order valence-corrected chi connectivity index (χ1v) is 5.30. The normalized spacial score (nSPS) is 19.1. The fourth-order valence-electron chi connectivity index (χ4n) is 1.99. The van der Waals surface area contributed by atoms with E-state index in [1.165, 1.54) is 0 Å². The molecule has 2 N–H and O–H groups in total. The summed E-state index contributed by atoms with van der Waals surface area (Å²) in [5, 5.41) is 12.2. The van der Waals surface area contributed by atoms with E-state index in [4.69, 9.17) is 5.11 Å². The summed E-state index contributed by atoms with van der Waals surface area (Å²) in [6.07, 6.45) is 2.11. The number of rotatable bonds is 2. The molecule has 0 spiro atoms. The molecule has 0 amide bonds. The Kier molecular flexibility index (Phi) is 2.62. The number of hydrogen-bond acceptors (Lipinski definition) is 2. The van der Waals surface area contributed by atoms with Crippen LogP contribution in [0.1, 0.15) is 29.3 Å². The molecule has 1 unspecified atom stereocenters. The van der Waals surface area contributed by atoms with Gasteiger partial charge in [0.1, 0.15) is 0 Å². The molecule has 0 saturated heterocycles.